The number of hydrogen-bond acceptors (Lipinski definition) is 3. The molecule has 0 bridgehead atoms. The van der Waals surface area contributed by atoms with E-state index in [4.69, 9.17) is 9.15 Å². The molecule has 4 heteroatoms. The van der Waals surface area contributed by atoms with Gasteiger partial charge in [-0.15, -0.1) is 0 Å². The minimum absolute atomic E-state index is 0.292. The van der Waals surface area contributed by atoms with E-state index >= 15 is 0 Å². The smallest absolute Gasteiger partial charge is 0.169 e. The van der Waals surface area contributed by atoms with Crippen LogP contribution in [0.15, 0.2) is 28.9 Å². The molecule has 1 aliphatic heterocycles. The van der Waals surface area contributed by atoms with Gasteiger partial charge < -0.3 is 14.5 Å². The van der Waals surface area contributed by atoms with Crippen molar-refractivity contribution in [2.24, 2.45) is 0 Å². The van der Waals surface area contributed by atoms with Crippen LogP contribution in [-0.4, -0.2) is 25.3 Å². The van der Waals surface area contributed by atoms with E-state index in [1.807, 2.05) is 18.2 Å². The zero-order valence-electron chi connectivity index (χ0n) is 10.3. The SMILES string of the molecule is CC(Cc1ccc2occ(F)c2c1)NC1COC1. The number of rotatable bonds is 4. The van der Waals surface area contributed by atoms with E-state index in [-0.39, 0.29) is 5.82 Å². The lowest BCUT2D eigenvalue weighted by atomic mass is 10.0. The Kier molecular flexibility index (Phi) is 3.06. The van der Waals surface area contributed by atoms with Crippen molar-refractivity contribution in [3.63, 3.8) is 0 Å². The Morgan fingerprint density at radius 3 is 3.00 bits per heavy atom. The highest BCUT2D eigenvalue weighted by atomic mass is 19.1. The maximum absolute atomic E-state index is 13.4. The van der Waals surface area contributed by atoms with Crippen molar-refractivity contribution in [2.75, 3.05) is 13.2 Å². The molecule has 3 rings (SSSR count). The van der Waals surface area contributed by atoms with Gasteiger partial charge in [-0.3, -0.25) is 0 Å². The number of benzene rings is 1. The molecule has 2 heterocycles. The first kappa shape index (κ1) is 11.7. The molecule has 1 aromatic heterocycles. The molecule has 0 radical (unpaired) electrons. The maximum Gasteiger partial charge on any atom is 0.169 e. The summed E-state index contributed by atoms with van der Waals surface area (Å²) in [6, 6.07) is 6.50. The molecule has 1 fully saturated rings. The molecule has 0 spiro atoms. The summed E-state index contributed by atoms with van der Waals surface area (Å²) < 4.78 is 23.6. The van der Waals surface area contributed by atoms with E-state index in [0.717, 1.165) is 31.5 Å². The zero-order chi connectivity index (χ0) is 12.5. The van der Waals surface area contributed by atoms with E-state index in [0.29, 0.717) is 23.1 Å². The van der Waals surface area contributed by atoms with Crippen molar-refractivity contribution in [3.05, 3.63) is 35.8 Å². The Labute approximate surface area is 105 Å². The van der Waals surface area contributed by atoms with Crippen molar-refractivity contribution in [3.8, 4) is 0 Å². The van der Waals surface area contributed by atoms with Crippen molar-refractivity contribution in [1.29, 1.82) is 0 Å². The van der Waals surface area contributed by atoms with E-state index in [2.05, 4.69) is 12.2 Å². The van der Waals surface area contributed by atoms with E-state index < -0.39 is 0 Å². The topological polar surface area (TPSA) is 34.4 Å². The lowest BCUT2D eigenvalue weighted by molar-refractivity contribution is -0.00908. The van der Waals surface area contributed by atoms with E-state index in [9.17, 15) is 4.39 Å². The summed E-state index contributed by atoms with van der Waals surface area (Å²) in [5, 5.41) is 4.04. The zero-order valence-corrected chi connectivity index (χ0v) is 10.3. The van der Waals surface area contributed by atoms with Crippen LogP contribution >= 0.6 is 0 Å². The van der Waals surface area contributed by atoms with Gasteiger partial charge in [-0.25, -0.2) is 4.39 Å². The van der Waals surface area contributed by atoms with E-state index in [1.54, 1.807) is 0 Å². The molecule has 1 atom stereocenters. The number of fused-ring (bicyclic) bond motifs is 1. The van der Waals surface area contributed by atoms with Gasteiger partial charge >= 0.3 is 0 Å². The van der Waals surface area contributed by atoms with Gasteiger partial charge in [0.2, 0.25) is 0 Å². The van der Waals surface area contributed by atoms with Crippen LogP contribution in [-0.2, 0) is 11.2 Å². The second-order valence-corrected chi connectivity index (χ2v) is 4.92. The third-order valence-corrected chi connectivity index (χ3v) is 3.29. The number of furan rings is 1. The van der Waals surface area contributed by atoms with Crippen LogP contribution in [0.25, 0.3) is 11.0 Å². The Morgan fingerprint density at radius 1 is 1.44 bits per heavy atom. The average molecular weight is 249 g/mol. The van der Waals surface area contributed by atoms with Crippen LogP contribution in [0.2, 0.25) is 0 Å². The highest BCUT2D eigenvalue weighted by Gasteiger charge is 2.20. The van der Waals surface area contributed by atoms with Gasteiger partial charge in [-0.2, -0.15) is 0 Å². The van der Waals surface area contributed by atoms with Gasteiger partial charge in [0.1, 0.15) is 11.8 Å². The van der Waals surface area contributed by atoms with Crippen LogP contribution < -0.4 is 5.32 Å². The molecule has 96 valence electrons. The third-order valence-electron chi connectivity index (χ3n) is 3.29. The van der Waals surface area contributed by atoms with Crippen molar-refractivity contribution in [1.82, 2.24) is 5.32 Å². The van der Waals surface area contributed by atoms with Gasteiger partial charge in [0.15, 0.2) is 5.82 Å². The number of nitrogens with one attached hydrogen (secondary N) is 1. The Balaban J connectivity index is 1.71. The lowest BCUT2D eigenvalue weighted by Gasteiger charge is -2.30. The summed E-state index contributed by atoms with van der Waals surface area (Å²) >= 11 is 0. The summed E-state index contributed by atoms with van der Waals surface area (Å²) in [6.45, 7) is 3.72. The number of ether oxygens (including phenoxy) is 1. The summed E-state index contributed by atoms with van der Waals surface area (Å²) in [7, 11) is 0. The molecule has 0 saturated carbocycles. The third kappa shape index (κ3) is 2.26. The highest BCUT2D eigenvalue weighted by molar-refractivity contribution is 5.78. The van der Waals surface area contributed by atoms with Crippen LogP contribution in [0.5, 0.6) is 0 Å². The largest absolute Gasteiger partial charge is 0.461 e. The van der Waals surface area contributed by atoms with Crippen molar-refractivity contribution >= 4 is 11.0 Å². The van der Waals surface area contributed by atoms with Crippen LogP contribution in [0.3, 0.4) is 0 Å². The molecule has 3 nitrogen and oxygen atoms in total. The van der Waals surface area contributed by atoms with Gasteiger partial charge in [0, 0.05) is 6.04 Å². The summed E-state index contributed by atoms with van der Waals surface area (Å²) in [5.74, 6) is -0.292. The summed E-state index contributed by atoms with van der Waals surface area (Å²) in [4.78, 5) is 0. The van der Waals surface area contributed by atoms with Crippen LogP contribution in [0.4, 0.5) is 4.39 Å². The lowest BCUT2D eigenvalue weighted by Crippen LogP contribution is -2.50. The second-order valence-electron chi connectivity index (χ2n) is 4.92. The fourth-order valence-electron chi connectivity index (χ4n) is 2.32. The fourth-order valence-corrected chi connectivity index (χ4v) is 2.32. The molecule has 1 aromatic carbocycles. The summed E-state index contributed by atoms with van der Waals surface area (Å²) in [5.41, 5.74) is 1.72. The average Bonchev–Trinajstić information content (AvgIpc) is 2.66. The Bertz CT molecular complexity index is 548. The first-order chi connectivity index (χ1) is 8.72. The van der Waals surface area contributed by atoms with Crippen LogP contribution in [0.1, 0.15) is 12.5 Å². The highest BCUT2D eigenvalue weighted by Crippen LogP contribution is 2.21. The molecule has 1 N–H and O–H groups in total. The molecule has 0 aliphatic carbocycles. The molecular formula is C14H16FNO2. The predicted octanol–water partition coefficient (Wildman–Crippen LogP) is 2.49. The van der Waals surface area contributed by atoms with Crippen LogP contribution in [0, 0.1) is 5.82 Å². The Hall–Kier alpha value is -1.39. The minimum Gasteiger partial charge on any atom is -0.461 e. The monoisotopic (exact) mass is 249 g/mol. The molecular weight excluding hydrogens is 233 g/mol. The predicted molar refractivity (Wildman–Crippen MR) is 67.1 cm³/mol. The molecule has 1 saturated heterocycles. The van der Waals surface area contributed by atoms with E-state index in [1.165, 1.54) is 0 Å². The van der Waals surface area contributed by atoms with Crippen molar-refractivity contribution in [2.45, 2.75) is 25.4 Å². The molecule has 18 heavy (non-hydrogen) atoms. The van der Waals surface area contributed by atoms with Gasteiger partial charge in [0.05, 0.1) is 24.6 Å². The molecule has 2 aromatic rings. The molecule has 1 aliphatic rings. The molecule has 0 amide bonds. The summed E-state index contributed by atoms with van der Waals surface area (Å²) in [6.07, 6.45) is 2.03. The quantitative estimate of drug-likeness (QED) is 0.904. The number of halogens is 1. The first-order valence-electron chi connectivity index (χ1n) is 6.22. The first-order valence-corrected chi connectivity index (χ1v) is 6.22. The van der Waals surface area contributed by atoms with Gasteiger partial charge in [-0.1, -0.05) is 6.07 Å². The second kappa shape index (κ2) is 4.71. The Morgan fingerprint density at radius 2 is 2.28 bits per heavy atom. The van der Waals surface area contributed by atoms with Crippen molar-refractivity contribution < 1.29 is 13.5 Å². The number of hydrogen-bond donors (Lipinski definition) is 1. The molecule has 1 unspecified atom stereocenters. The maximum atomic E-state index is 13.4. The minimum atomic E-state index is -0.292. The normalized spacial score (nSPS) is 17.9. The standard InChI is InChI=1S/C14H16FNO2/c1-9(16-11-6-17-7-11)4-10-2-3-14-12(5-10)13(15)8-18-14/h2-3,5,8-9,11,16H,4,6-7H2,1H3. The van der Waals surface area contributed by atoms with Gasteiger partial charge in [-0.05, 0) is 31.0 Å². The van der Waals surface area contributed by atoms with Gasteiger partial charge in [0.25, 0.3) is 0 Å². The fraction of sp³-hybridized carbons (Fsp3) is 0.429.